The number of likely N-dealkylation sites (tertiary alicyclic amines) is 1. The maximum absolute atomic E-state index is 11.8. The molecule has 0 aliphatic carbocycles. The first-order valence-corrected chi connectivity index (χ1v) is 5.74. The summed E-state index contributed by atoms with van der Waals surface area (Å²) in [6.07, 6.45) is 2.07. The summed E-state index contributed by atoms with van der Waals surface area (Å²) in [6.45, 7) is 4.44. The van der Waals surface area contributed by atoms with E-state index in [0.717, 1.165) is 19.3 Å². The number of rotatable bonds is 2. The van der Waals surface area contributed by atoms with Crippen molar-refractivity contribution >= 4 is 18.5 Å². The van der Waals surface area contributed by atoms with Gasteiger partial charge in [0.1, 0.15) is 0 Å². The van der Waals surface area contributed by atoms with Crippen LogP contribution in [0.1, 0.15) is 33.1 Å². The zero-order chi connectivity index (χ0) is 10.7. The molecule has 1 saturated heterocycles. The molecule has 14 heavy (non-hydrogen) atoms. The largest absolute Gasteiger partial charge is 0.391 e. The minimum atomic E-state index is -0.354. The van der Waals surface area contributed by atoms with Gasteiger partial charge in [-0.25, -0.2) is 0 Å². The van der Waals surface area contributed by atoms with Gasteiger partial charge in [-0.1, -0.05) is 6.92 Å². The Kier molecular flexibility index (Phi) is 4.26. The van der Waals surface area contributed by atoms with E-state index in [1.165, 1.54) is 0 Å². The highest BCUT2D eigenvalue weighted by molar-refractivity contribution is 7.81. The standard InChI is InChI=1S/C10H19NO2S/c1-3-9(14)10(13)11-6-8(12)5-4-7(11)2/h7-9,12,14H,3-6H2,1-2H3/t7-,8-,9?/m0/s1. The van der Waals surface area contributed by atoms with Crippen LogP contribution in [0.2, 0.25) is 0 Å². The van der Waals surface area contributed by atoms with Crippen molar-refractivity contribution in [3.05, 3.63) is 0 Å². The lowest BCUT2D eigenvalue weighted by Gasteiger charge is -2.37. The fraction of sp³-hybridized carbons (Fsp3) is 0.900. The molecule has 4 heteroatoms. The maximum atomic E-state index is 11.8. The average molecular weight is 217 g/mol. The van der Waals surface area contributed by atoms with Crippen LogP contribution in [-0.4, -0.2) is 39.9 Å². The zero-order valence-electron chi connectivity index (χ0n) is 8.81. The Morgan fingerprint density at radius 2 is 2.29 bits per heavy atom. The Hall–Kier alpha value is -0.220. The van der Waals surface area contributed by atoms with Crippen LogP contribution in [0.15, 0.2) is 0 Å². The summed E-state index contributed by atoms with van der Waals surface area (Å²) in [4.78, 5) is 13.6. The van der Waals surface area contributed by atoms with Gasteiger partial charge in [0.15, 0.2) is 0 Å². The van der Waals surface area contributed by atoms with Crippen LogP contribution in [-0.2, 0) is 4.79 Å². The summed E-state index contributed by atoms with van der Waals surface area (Å²) in [5.41, 5.74) is 0. The molecule has 0 radical (unpaired) electrons. The molecule has 1 unspecified atom stereocenters. The number of aliphatic hydroxyl groups is 1. The molecule has 0 bridgehead atoms. The predicted octanol–water partition coefficient (Wildman–Crippen LogP) is 1.07. The molecule has 1 fully saturated rings. The molecule has 82 valence electrons. The van der Waals surface area contributed by atoms with Crippen molar-refractivity contribution in [3.63, 3.8) is 0 Å². The molecular formula is C10H19NO2S. The van der Waals surface area contributed by atoms with Crippen LogP contribution in [0.3, 0.4) is 0 Å². The Bertz CT molecular complexity index is 210. The average Bonchev–Trinajstić information content (AvgIpc) is 2.19. The molecule has 1 rings (SSSR count). The first-order chi connectivity index (χ1) is 6.56. The summed E-state index contributed by atoms with van der Waals surface area (Å²) >= 11 is 4.23. The Morgan fingerprint density at radius 1 is 1.64 bits per heavy atom. The van der Waals surface area contributed by atoms with Crippen LogP contribution in [0.4, 0.5) is 0 Å². The van der Waals surface area contributed by atoms with Crippen molar-refractivity contribution in [2.24, 2.45) is 0 Å². The lowest BCUT2D eigenvalue weighted by molar-refractivity contribution is -0.136. The van der Waals surface area contributed by atoms with Crippen molar-refractivity contribution in [1.29, 1.82) is 0 Å². The van der Waals surface area contributed by atoms with Crippen molar-refractivity contribution < 1.29 is 9.90 Å². The van der Waals surface area contributed by atoms with E-state index < -0.39 is 0 Å². The number of carbonyl (C=O) groups is 1. The fourth-order valence-electron chi connectivity index (χ4n) is 1.76. The maximum Gasteiger partial charge on any atom is 0.235 e. The molecule has 1 N–H and O–H groups in total. The summed E-state index contributed by atoms with van der Waals surface area (Å²) in [7, 11) is 0. The molecule has 0 saturated carbocycles. The highest BCUT2D eigenvalue weighted by Crippen LogP contribution is 2.19. The Morgan fingerprint density at radius 3 is 2.86 bits per heavy atom. The van der Waals surface area contributed by atoms with Crippen LogP contribution in [0.5, 0.6) is 0 Å². The SMILES string of the molecule is CCC(S)C(=O)N1C[C@@H](O)CC[C@@H]1C. The molecule has 1 aliphatic heterocycles. The van der Waals surface area contributed by atoms with Crippen LogP contribution in [0.25, 0.3) is 0 Å². The van der Waals surface area contributed by atoms with Crippen molar-refractivity contribution in [1.82, 2.24) is 4.90 Å². The van der Waals surface area contributed by atoms with Crippen LogP contribution < -0.4 is 0 Å². The molecule has 0 aromatic heterocycles. The number of aliphatic hydroxyl groups excluding tert-OH is 1. The van der Waals surface area contributed by atoms with E-state index in [9.17, 15) is 9.90 Å². The third-order valence-electron chi connectivity index (χ3n) is 2.81. The number of β-amino-alcohol motifs (C(OH)–C–C–N with tert-alkyl or cyclic N) is 1. The first kappa shape index (κ1) is 11.9. The quantitative estimate of drug-likeness (QED) is 0.679. The zero-order valence-corrected chi connectivity index (χ0v) is 9.70. The van der Waals surface area contributed by atoms with Crippen molar-refractivity contribution in [2.75, 3.05) is 6.54 Å². The molecule has 3 nitrogen and oxygen atoms in total. The van der Waals surface area contributed by atoms with E-state index in [1.54, 1.807) is 4.90 Å². The molecular weight excluding hydrogens is 198 g/mol. The molecule has 0 aromatic rings. The molecule has 1 amide bonds. The first-order valence-electron chi connectivity index (χ1n) is 5.22. The van der Waals surface area contributed by atoms with Gasteiger partial charge in [0.25, 0.3) is 0 Å². The Labute approximate surface area is 90.9 Å². The summed E-state index contributed by atoms with van der Waals surface area (Å²) in [5.74, 6) is 0.0575. The van der Waals surface area contributed by atoms with Gasteiger partial charge in [-0.3, -0.25) is 4.79 Å². The summed E-state index contributed by atoms with van der Waals surface area (Å²) in [5, 5.41) is 9.26. The van der Waals surface area contributed by atoms with Crippen LogP contribution >= 0.6 is 12.6 Å². The molecule has 3 atom stereocenters. The van der Waals surface area contributed by atoms with Gasteiger partial charge in [0, 0.05) is 12.6 Å². The third kappa shape index (κ3) is 2.64. The molecule has 1 heterocycles. The van der Waals surface area contributed by atoms with Gasteiger partial charge in [-0.15, -0.1) is 0 Å². The number of hydrogen-bond acceptors (Lipinski definition) is 3. The van der Waals surface area contributed by atoms with Crippen LogP contribution in [0, 0.1) is 0 Å². The monoisotopic (exact) mass is 217 g/mol. The highest BCUT2D eigenvalue weighted by atomic mass is 32.1. The number of hydrogen-bond donors (Lipinski definition) is 2. The number of nitrogens with zero attached hydrogens (tertiary/aromatic N) is 1. The Balaban J connectivity index is 2.60. The predicted molar refractivity (Wildman–Crippen MR) is 59.5 cm³/mol. The van der Waals surface area contributed by atoms with E-state index in [1.807, 2.05) is 13.8 Å². The van der Waals surface area contributed by atoms with Gasteiger partial charge in [-0.2, -0.15) is 12.6 Å². The summed E-state index contributed by atoms with van der Waals surface area (Å²) in [6, 6.07) is 0.243. The fourth-order valence-corrected chi connectivity index (χ4v) is 1.91. The second-order valence-electron chi connectivity index (χ2n) is 3.99. The van der Waals surface area contributed by atoms with E-state index >= 15 is 0 Å². The number of piperidine rings is 1. The van der Waals surface area contributed by atoms with Gasteiger partial charge in [0.2, 0.25) is 5.91 Å². The highest BCUT2D eigenvalue weighted by Gasteiger charge is 2.30. The number of thiol groups is 1. The summed E-state index contributed by atoms with van der Waals surface area (Å²) < 4.78 is 0. The van der Waals surface area contributed by atoms with E-state index in [-0.39, 0.29) is 23.3 Å². The van der Waals surface area contributed by atoms with Crippen molar-refractivity contribution in [2.45, 2.75) is 50.5 Å². The topological polar surface area (TPSA) is 40.5 Å². The molecule has 0 aromatic carbocycles. The van der Waals surface area contributed by atoms with Crippen molar-refractivity contribution in [3.8, 4) is 0 Å². The molecule has 0 spiro atoms. The number of amides is 1. The van der Waals surface area contributed by atoms with E-state index in [2.05, 4.69) is 12.6 Å². The number of carbonyl (C=O) groups excluding carboxylic acids is 1. The lowest BCUT2D eigenvalue weighted by Crippen LogP contribution is -2.50. The van der Waals surface area contributed by atoms with Gasteiger partial charge >= 0.3 is 0 Å². The van der Waals surface area contributed by atoms with Gasteiger partial charge in [0.05, 0.1) is 11.4 Å². The second kappa shape index (κ2) is 5.03. The normalized spacial score (nSPS) is 30.1. The second-order valence-corrected chi connectivity index (χ2v) is 4.62. The lowest BCUT2D eigenvalue weighted by atomic mass is 10.0. The molecule has 1 aliphatic rings. The van der Waals surface area contributed by atoms with E-state index in [0.29, 0.717) is 6.54 Å². The van der Waals surface area contributed by atoms with Gasteiger partial charge in [-0.05, 0) is 26.2 Å². The minimum absolute atomic E-state index is 0.0575. The minimum Gasteiger partial charge on any atom is -0.391 e. The third-order valence-corrected chi connectivity index (χ3v) is 3.40. The smallest absolute Gasteiger partial charge is 0.235 e. The van der Waals surface area contributed by atoms with E-state index in [4.69, 9.17) is 0 Å². The van der Waals surface area contributed by atoms with Gasteiger partial charge < -0.3 is 10.0 Å².